The molecule has 0 spiro atoms. The summed E-state index contributed by atoms with van der Waals surface area (Å²) in [6, 6.07) is 5.72. The molecule has 200 valence electrons. The van der Waals surface area contributed by atoms with E-state index >= 15 is 0 Å². The first-order chi connectivity index (χ1) is 16.7. The number of aromatic nitrogens is 1. The molecule has 0 aliphatic carbocycles. The van der Waals surface area contributed by atoms with Crippen molar-refractivity contribution in [2.75, 3.05) is 0 Å². The fourth-order valence-corrected chi connectivity index (χ4v) is 2.98. The lowest BCUT2D eigenvalue weighted by molar-refractivity contribution is -0.388. The molecule has 0 aliphatic heterocycles. The molecule has 0 atom stereocenters. The summed E-state index contributed by atoms with van der Waals surface area (Å²) in [4.78, 5) is 30.7. The summed E-state index contributed by atoms with van der Waals surface area (Å²) in [7, 11) is 0. The van der Waals surface area contributed by atoms with Crippen LogP contribution in [0.2, 0.25) is 5.02 Å². The summed E-state index contributed by atoms with van der Waals surface area (Å²) in [6.45, 7) is 5.31. The molecule has 0 amide bonds. The summed E-state index contributed by atoms with van der Waals surface area (Å²) in [5, 5.41) is 20.8. The number of benzene rings is 2. The van der Waals surface area contributed by atoms with E-state index < -0.39 is 55.7 Å². The lowest BCUT2D eigenvalue weighted by Gasteiger charge is -2.13. The Bertz CT molecular complexity index is 1390. The molecular formula is C21H16ClF6N3O6. The van der Waals surface area contributed by atoms with Gasteiger partial charge in [0.15, 0.2) is 0 Å². The van der Waals surface area contributed by atoms with Crippen LogP contribution in [-0.2, 0) is 17.8 Å². The topological polar surface area (TPSA) is 121 Å². The fraction of sp³-hybridized carbons (Fsp3) is 0.286. The predicted molar refractivity (Wildman–Crippen MR) is 118 cm³/mol. The average Bonchev–Trinajstić information content (AvgIpc) is 3.14. The molecule has 1 heterocycles. The van der Waals surface area contributed by atoms with Crippen molar-refractivity contribution >= 4 is 23.0 Å². The van der Waals surface area contributed by atoms with E-state index in [0.29, 0.717) is 22.9 Å². The second-order valence-corrected chi connectivity index (χ2v) is 8.79. The van der Waals surface area contributed by atoms with Crippen molar-refractivity contribution in [1.82, 2.24) is 4.74 Å². The van der Waals surface area contributed by atoms with E-state index in [1.807, 2.05) is 0 Å². The van der Waals surface area contributed by atoms with Crippen LogP contribution >= 0.6 is 11.6 Å². The van der Waals surface area contributed by atoms with Gasteiger partial charge in [0.2, 0.25) is 0 Å². The molecule has 0 unspecified atom stereocenters. The maximum absolute atomic E-state index is 13.0. The SMILES string of the molecule is CC(C)(C)c1cc(=O)n(-c2ccc([N+](=O)[O-])c(C(F)(F)F)c2)o1.O=[N+]([O-])c1ccc(Cl)cc1C(F)(F)F. The molecule has 0 aliphatic rings. The lowest BCUT2D eigenvalue weighted by atomic mass is 9.94. The summed E-state index contributed by atoms with van der Waals surface area (Å²) in [5.41, 5.74) is -6.27. The molecule has 0 saturated carbocycles. The van der Waals surface area contributed by atoms with Gasteiger partial charge in [0.1, 0.15) is 16.9 Å². The Balaban J connectivity index is 0.000000294. The van der Waals surface area contributed by atoms with Gasteiger partial charge in [0.25, 0.3) is 16.9 Å². The Hall–Kier alpha value is -3.88. The minimum absolute atomic E-state index is 0.192. The third-order valence-electron chi connectivity index (χ3n) is 4.56. The van der Waals surface area contributed by atoms with Crippen molar-refractivity contribution in [3.63, 3.8) is 0 Å². The quantitative estimate of drug-likeness (QED) is 0.196. The fourth-order valence-electron chi connectivity index (χ4n) is 2.80. The Morgan fingerprint density at radius 1 is 0.811 bits per heavy atom. The molecule has 1 aromatic heterocycles. The Morgan fingerprint density at radius 3 is 1.68 bits per heavy atom. The van der Waals surface area contributed by atoms with E-state index in [1.165, 1.54) is 6.07 Å². The second kappa shape index (κ2) is 10.2. The van der Waals surface area contributed by atoms with Gasteiger partial charge in [-0.25, -0.2) is 0 Å². The van der Waals surface area contributed by atoms with E-state index in [2.05, 4.69) is 0 Å². The van der Waals surface area contributed by atoms with Crippen LogP contribution in [0.3, 0.4) is 0 Å². The molecular weight excluding hydrogens is 540 g/mol. The van der Waals surface area contributed by atoms with Crippen molar-refractivity contribution < 1.29 is 40.7 Å². The maximum atomic E-state index is 13.0. The number of rotatable bonds is 3. The van der Waals surface area contributed by atoms with Crippen LogP contribution < -0.4 is 5.56 Å². The highest BCUT2D eigenvalue weighted by atomic mass is 35.5. The lowest BCUT2D eigenvalue weighted by Crippen LogP contribution is -2.14. The summed E-state index contributed by atoms with van der Waals surface area (Å²) in [6.07, 6.45) is -9.70. The number of nitro benzene ring substituents is 2. The number of halogens is 7. The zero-order valence-corrected chi connectivity index (χ0v) is 19.7. The smallest absolute Gasteiger partial charge is 0.375 e. The molecule has 0 N–H and O–H groups in total. The Morgan fingerprint density at radius 2 is 1.27 bits per heavy atom. The molecule has 2 aromatic carbocycles. The molecule has 0 bridgehead atoms. The first kappa shape index (κ1) is 29.4. The molecule has 0 fully saturated rings. The third-order valence-corrected chi connectivity index (χ3v) is 4.80. The maximum Gasteiger partial charge on any atom is 0.423 e. The van der Waals surface area contributed by atoms with Crippen molar-refractivity contribution in [3.8, 4) is 5.69 Å². The predicted octanol–water partition coefficient (Wildman–Crippen LogP) is 6.92. The first-order valence-electron chi connectivity index (χ1n) is 9.84. The highest BCUT2D eigenvalue weighted by Crippen LogP contribution is 2.38. The van der Waals surface area contributed by atoms with Crippen molar-refractivity contribution in [1.29, 1.82) is 0 Å². The Labute approximate surface area is 208 Å². The highest BCUT2D eigenvalue weighted by Gasteiger charge is 2.39. The monoisotopic (exact) mass is 555 g/mol. The average molecular weight is 556 g/mol. The third kappa shape index (κ3) is 7.09. The van der Waals surface area contributed by atoms with Gasteiger partial charge in [-0.15, -0.1) is 4.74 Å². The van der Waals surface area contributed by atoms with Crippen molar-refractivity contribution in [3.05, 3.63) is 95.0 Å². The number of nitrogens with zero attached hydrogens (tertiary/aromatic N) is 3. The van der Waals surface area contributed by atoms with E-state index in [1.54, 1.807) is 20.8 Å². The molecule has 16 heteroatoms. The summed E-state index contributed by atoms with van der Waals surface area (Å²) < 4.78 is 81.6. The van der Waals surface area contributed by atoms with Gasteiger partial charge in [0.05, 0.1) is 15.5 Å². The molecule has 0 saturated heterocycles. The minimum atomic E-state index is -4.93. The zero-order chi connectivity index (χ0) is 28.5. The van der Waals surface area contributed by atoms with E-state index in [4.69, 9.17) is 16.1 Å². The largest absolute Gasteiger partial charge is 0.423 e. The van der Waals surface area contributed by atoms with Crippen LogP contribution in [0, 0.1) is 20.2 Å². The second-order valence-electron chi connectivity index (χ2n) is 8.36. The normalized spacial score (nSPS) is 12.1. The van der Waals surface area contributed by atoms with Crippen molar-refractivity contribution in [2.45, 2.75) is 38.5 Å². The van der Waals surface area contributed by atoms with Crippen LogP contribution in [0.25, 0.3) is 5.69 Å². The minimum Gasteiger partial charge on any atom is -0.375 e. The number of hydrogen-bond acceptors (Lipinski definition) is 6. The van der Waals surface area contributed by atoms with Crippen LogP contribution in [0.4, 0.5) is 37.7 Å². The molecule has 9 nitrogen and oxygen atoms in total. The van der Waals surface area contributed by atoms with Gasteiger partial charge in [-0.05, 0) is 24.3 Å². The van der Waals surface area contributed by atoms with E-state index in [0.717, 1.165) is 18.2 Å². The van der Waals surface area contributed by atoms with Crippen LogP contribution in [0.5, 0.6) is 0 Å². The molecule has 37 heavy (non-hydrogen) atoms. The highest BCUT2D eigenvalue weighted by molar-refractivity contribution is 6.30. The first-order valence-corrected chi connectivity index (χ1v) is 10.2. The summed E-state index contributed by atoms with van der Waals surface area (Å²) >= 11 is 5.30. The van der Waals surface area contributed by atoms with Gasteiger partial charge < -0.3 is 4.52 Å². The van der Waals surface area contributed by atoms with Crippen molar-refractivity contribution in [2.24, 2.45) is 0 Å². The number of alkyl halides is 6. The van der Waals surface area contributed by atoms with Crippen LogP contribution in [0.15, 0.2) is 51.8 Å². The standard InChI is InChI=1S/C14H13F3N2O4.C7H3ClF3NO2/c1-13(2,3)11-7-12(20)18(23-11)8-4-5-10(19(21)22)9(6-8)14(15,16)17;8-4-1-2-6(12(13)14)5(3-4)7(9,10)11/h4-7H,1-3H3;1-3H. The van der Waals surface area contributed by atoms with Gasteiger partial charge in [-0.1, -0.05) is 32.4 Å². The molecule has 3 rings (SSSR count). The molecule has 0 radical (unpaired) electrons. The molecule has 3 aromatic rings. The zero-order valence-electron chi connectivity index (χ0n) is 19.0. The summed E-state index contributed by atoms with van der Waals surface area (Å²) in [5.74, 6) is 0.286. The van der Waals surface area contributed by atoms with E-state index in [9.17, 15) is 51.4 Å². The van der Waals surface area contributed by atoms with Gasteiger partial charge in [0, 0.05) is 28.6 Å². The number of nitro groups is 2. The van der Waals surface area contributed by atoms with Gasteiger partial charge in [-0.2, -0.15) is 26.3 Å². The van der Waals surface area contributed by atoms with Crippen LogP contribution in [-0.4, -0.2) is 14.6 Å². The van der Waals surface area contributed by atoms with Crippen LogP contribution in [0.1, 0.15) is 37.7 Å². The number of hydrogen-bond donors (Lipinski definition) is 0. The van der Waals surface area contributed by atoms with Gasteiger partial charge in [-0.3, -0.25) is 25.0 Å². The van der Waals surface area contributed by atoms with E-state index in [-0.39, 0.29) is 16.5 Å². The Kier molecular flexibility index (Phi) is 8.12. The van der Waals surface area contributed by atoms with Gasteiger partial charge >= 0.3 is 12.4 Å².